The van der Waals surface area contributed by atoms with Gasteiger partial charge >= 0.3 is 5.97 Å². The number of aromatic nitrogens is 2. The molecular weight excluding hydrogens is 462 g/mol. The van der Waals surface area contributed by atoms with Crippen molar-refractivity contribution in [1.82, 2.24) is 14.5 Å². The van der Waals surface area contributed by atoms with Crippen LogP contribution in [0.2, 0.25) is 0 Å². The average molecular weight is 492 g/mol. The summed E-state index contributed by atoms with van der Waals surface area (Å²) in [6.07, 6.45) is 0.800. The lowest BCUT2D eigenvalue weighted by Gasteiger charge is -2.31. The Bertz CT molecular complexity index is 1470. The number of esters is 1. The molecule has 6 rings (SSSR count). The fraction of sp³-hybridized carbons (Fsp3) is 0.444. The molecule has 3 aliphatic heterocycles. The number of phenols is 1. The van der Waals surface area contributed by atoms with Crippen LogP contribution in [0.15, 0.2) is 23.0 Å². The minimum absolute atomic E-state index is 0.101. The number of phenolic OH excluding ortho intramolecular Hbond substituents is 1. The summed E-state index contributed by atoms with van der Waals surface area (Å²) in [5.74, 6) is -0.499. The molecule has 1 fully saturated rings. The molecule has 188 valence electrons. The molecule has 5 heterocycles. The van der Waals surface area contributed by atoms with Gasteiger partial charge in [-0.05, 0) is 36.6 Å². The number of morpholine rings is 1. The second kappa shape index (κ2) is 8.40. The van der Waals surface area contributed by atoms with Crippen molar-refractivity contribution in [2.45, 2.75) is 52.0 Å². The molecule has 0 radical (unpaired) electrons. The van der Waals surface area contributed by atoms with Crippen molar-refractivity contribution in [1.29, 1.82) is 0 Å². The van der Waals surface area contributed by atoms with Crippen LogP contribution in [-0.4, -0.2) is 56.9 Å². The van der Waals surface area contributed by atoms with Crippen molar-refractivity contribution in [3.63, 3.8) is 0 Å². The maximum Gasteiger partial charge on any atom is 0.343 e. The quantitative estimate of drug-likeness (QED) is 0.418. The minimum Gasteiger partial charge on any atom is -0.508 e. The Balaban J connectivity index is 1.56. The molecule has 9 nitrogen and oxygen atoms in total. The van der Waals surface area contributed by atoms with Gasteiger partial charge in [-0.25, -0.2) is 9.78 Å². The summed E-state index contributed by atoms with van der Waals surface area (Å²) >= 11 is 0. The Kier molecular flexibility index (Phi) is 5.40. The molecule has 0 aliphatic carbocycles. The lowest BCUT2D eigenvalue weighted by molar-refractivity contribution is -0.172. The summed E-state index contributed by atoms with van der Waals surface area (Å²) in [5.41, 5.74) is 3.33. The number of hydrogen-bond acceptors (Lipinski definition) is 8. The van der Waals surface area contributed by atoms with Gasteiger partial charge in [0, 0.05) is 41.7 Å². The van der Waals surface area contributed by atoms with Gasteiger partial charge in [-0.3, -0.25) is 9.69 Å². The Morgan fingerprint density at radius 3 is 2.61 bits per heavy atom. The van der Waals surface area contributed by atoms with Gasteiger partial charge in [-0.15, -0.1) is 0 Å². The van der Waals surface area contributed by atoms with Crippen molar-refractivity contribution < 1.29 is 24.5 Å². The SMILES string of the molecule is CCc1c2c(nc3ccc(O)c(CN4CCOCC4)c13)-c1cc3c(c(=O)n1C2)COC(=O)[C@]3(O)CC. The fourth-order valence-corrected chi connectivity index (χ4v) is 5.86. The fourth-order valence-electron chi connectivity index (χ4n) is 5.86. The molecule has 0 bridgehead atoms. The smallest absolute Gasteiger partial charge is 0.343 e. The number of fused-ring (bicyclic) bond motifs is 5. The van der Waals surface area contributed by atoms with Crippen LogP contribution in [0.25, 0.3) is 22.3 Å². The van der Waals surface area contributed by atoms with Crippen LogP contribution in [0, 0.1) is 0 Å². The number of nitrogens with zero attached hydrogens (tertiary/aromatic N) is 3. The van der Waals surface area contributed by atoms with Crippen molar-refractivity contribution in [3.05, 3.63) is 56.4 Å². The molecule has 1 aromatic carbocycles. The lowest BCUT2D eigenvalue weighted by Crippen LogP contribution is -2.44. The molecule has 3 aliphatic rings. The van der Waals surface area contributed by atoms with E-state index in [2.05, 4.69) is 11.8 Å². The third-order valence-corrected chi connectivity index (χ3v) is 7.89. The molecule has 9 heteroatoms. The highest BCUT2D eigenvalue weighted by Crippen LogP contribution is 2.42. The van der Waals surface area contributed by atoms with Gasteiger partial charge in [0.25, 0.3) is 5.56 Å². The normalized spacial score (nSPS) is 21.2. The molecule has 36 heavy (non-hydrogen) atoms. The Hall–Kier alpha value is -3.27. The number of benzene rings is 1. The van der Waals surface area contributed by atoms with E-state index >= 15 is 0 Å². The largest absolute Gasteiger partial charge is 0.508 e. The number of cyclic esters (lactones) is 1. The van der Waals surface area contributed by atoms with E-state index in [1.54, 1.807) is 23.6 Å². The number of ether oxygens (including phenoxy) is 2. The third-order valence-electron chi connectivity index (χ3n) is 7.89. The number of carbonyl (C=O) groups excluding carboxylic acids is 1. The first-order chi connectivity index (χ1) is 17.4. The zero-order valence-electron chi connectivity index (χ0n) is 20.5. The summed E-state index contributed by atoms with van der Waals surface area (Å²) in [4.78, 5) is 33.2. The second-order valence-electron chi connectivity index (χ2n) is 9.72. The molecular formula is C27H29N3O6. The molecule has 1 atom stereocenters. The summed E-state index contributed by atoms with van der Waals surface area (Å²) in [6, 6.07) is 5.23. The lowest BCUT2D eigenvalue weighted by atomic mass is 9.86. The molecule has 3 aromatic rings. The number of aromatic hydroxyl groups is 1. The number of pyridine rings is 2. The maximum atomic E-state index is 13.5. The first-order valence-electron chi connectivity index (χ1n) is 12.5. The number of carbonyl (C=O) groups is 1. The molecule has 0 amide bonds. The van der Waals surface area contributed by atoms with E-state index in [1.165, 1.54) is 0 Å². The first kappa shape index (κ1) is 23.1. The van der Waals surface area contributed by atoms with Crippen LogP contribution in [0.1, 0.15) is 48.1 Å². The summed E-state index contributed by atoms with van der Waals surface area (Å²) < 4.78 is 12.3. The molecule has 0 spiro atoms. The van der Waals surface area contributed by atoms with Crippen molar-refractivity contribution in [2.75, 3.05) is 26.3 Å². The molecule has 0 unspecified atom stereocenters. The van der Waals surface area contributed by atoms with Crippen molar-refractivity contribution in [3.8, 4) is 17.1 Å². The number of hydrogen-bond donors (Lipinski definition) is 2. The van der Waals surface area contributed by atoms with Crippen molar-refractivity contribution in [2.24, 2.45) is 0 Å². The van der Waals surface area contributed by atoms with Gasteiger partial charge in [0.15, 0.2) is 5.60 Å². The summed E-state index contributed by atoms with van der Waals surface area (Å²) in [6.45, 7) is 7.46. The van der Waals surface area contributed by atoms with Crippen LogP contribution >= 0.6 is 0 Å². The van der Waals surface area contributed by atoms with E-state index in [1.807, 2.05) is 6.07 Å². The molecule has 0 saturated carbocycles. The van der Waals surface area contributed by atoms with Crippen LogP contribution in [0.4, 0.5) is 0 Å². The van der Waals surface area contributed by atoms with Gasteiger partial charge in [0.05, 0.1) is 42.2 Å². The first-order valence-corrected chi connectivity index (χ1v) is 12.5. The van der Waals surface area contributed by atoms with E-state index in [9.17, 15) is 19.8 Å². The van der Waals surface area contributed by atoms with Gasteiger partial charge in [-0.2, -0.15) is 0 Å². The Morgan fingerprint density at radius 1 is 1.11 bits per heavy atom. The number of aryl methyl sites for hydroxylation is 1. The highest BCUT2D eigenvalue weighted by Gasteiger charge is 2.45. The number of rotatable bonds is 4. The van der Waals surface area contributed by atoms with Crippen LogP contribution < -0.4 is 5.56 Å². The van der Waals surface area contributed by atoms with E-state index in [4.69, 9.17) is 14.5 Å². The highest BCUT2D eigenvalue weighted by atomic mass is 16.6. The summed E-state index contributed by atoms with van der Waals surface area (Å²) in [7, 11) is 0. The average Bonchev–Trinajstić information content (AvgIpc) is 3.26. The van der Waals surface area contributed by atoms with E-state index in [0.717, 1.165) is 40.7 Å². The van der Waals surface area contributed by atoms with Gasteiger partial charge in [-0.1, -0.05) is 13.8 Å². The van der Waals surface area contributed by atoms with E-state index in [-0.39, 0.29) is 24.3 Å². The Morgan fingerprint density at radius 2 is 1.89 bits per heavy atom. The van der Waals surface area contributed by atoms with Crippen molar-refractivity contribution >= 4 is 16.9 Å². The van der Waals surface area contributed by atoms with E-state index in [0.29, 0.717) is 55.2 Å². The van der Waals surface area contributed by atoms with Gasteiger partial charge in [0.2, 0.25) is 0 Å². The van der Waals surface area contributed by atoms with Gasteiger partial charge in [0.1, 0.15) is 12.4 Å². The highest BCUT2D eigenvalue weighted by molar-refractivity contribution is 5.92. The zero-order chi connectivity index (χ0) is 25.2. The minimum atomic E-state index is -1.85. The van der Waals surface area contributed by atoms with Crippen LogP contribution in [0.5, 0.6) is 5.75 Å². The summed E-state index contributed by atoms with van der Waals surface area (Å²) in [5, 5.41) is 22.9. The predicted octanol–water partition coefficient (Wildman–Crippen LogP) is 2.18. The third kappa shape index (κ3) is 3.23. The standard InChI is InChI=1S/C27H29N3O6/c1-3-15-16-13-30-21(11-19-18(25(30)32)14-36-26(33)27(19,34)4-2)24(16)28-20-5-6-22(31)17(23(15)20)12-29-7-9-35-10-8-29/h5-6,11,31,34H,3-4,7-10,12-14H2,1-2H3/t27-/m0/s1. The maximum absolute atomic E-state index is 13.5. The Labute approximate surface area is 207 Å². The van der Waals surface area contributed by atoms with Crippen LogP contribution in [0.3, 0.4) is 0 Å². The van der Waals surface area contributed by atoms with E-state index < -0.39 is 11.6 Å². The number of aliphatic hydroxyl groups is 1. The zero-order valence-corrected chi connectivity index (χ0v) is 20.5. The topological polar surface area (TPSA) is 114 Å². The second-order valence-corrected chi connectivity index (χ2v) is 9.72. The molecule has 1 saturated heterocycles. The monoisotopic (exact) mass is 491 g/mol. The van der Waals surface area contributed by atoms with Gasteiger partial charge < -0.3 is 24.3 Å². The molecule has 2 aromatic heterocycles. The van der Waals surface area contributed by atoms with Crippen LogP contribution in [-0.2, 0) is 46.0 Å². The predicted molar refractivity (Wildman–Crippen MR) is 132 cm³/mol. The molecule has 2 N–H and O–H groups in total.